The van der Waals surface area contributed by atoms with Gasteiger partial charge < -0.3 is 20.3 Å². The maximum absolute atomic E-state index is 14.2. The second kappa shape index (κ2) is 8.27. The van der Waals surface area contributed by atoms with Crippen molar-refractivity contribution in [2.24, 2.45) is 0 Å². The molecule has 0 radical (unpaired) electrons. The number of nitrogens with one attached hydrogen (secondary N) is 1. The lowest BCUT2D eigenvalue weighted by Gasteiger charge is -2.38. The van der Waals surface area contributed by atoms with Crippen molar-refractivity contribution in [1.82, 2.24) is 5.32 Å². The molecular weight excluding hydrogens is 453 g/mol. The van der Waals surface area contributed by atoms with Crippen LogP contribution in [0.25, 0.3) is 0 Å². The minimum Gasteiger partial charge on any atom is -0.479 e. The van der Waals surface area contributed by atoms with Gasteiger partial charge in [0.05, 0.1) is 11.1 Å². The smallest absolute Gasteiger partial charge is 0.404 e. The molecule has 5 nitrogen and oxygen atoms in total. The van der Waals surface area contributed by atoms with E-state index >= 15 is 0 Å². The molecule has 1 unspecified atom stereocenters. The number of aliphatic hydroxyl groups excluding tert-OH is 1. The standard InChI is InChI=1S/C20H20BrClFNO4/c1-11-16-14(10-13(23)18(22)17(16)21)28-20(11,12-6-3-2-4-7-12)15(25)8-5-9-24-19(26)27/h2-4,6-7,10-11,15,24-25H,5,8-9H2,1H3,(H,26,27)/t11-,15?,20-/m0/s1. The molecule has 8 heteroatoms. The molecule has 0 spiro atoms. The fourth-order valence-corrected chi connectivity index (χ4v) is 4.71. The van der Waals surface area contributed by atoms with Crippen molar-refractivity contribution in [2.45, 2.75) is 37.4 Å². The highest BCUT2D eigenvalue weighted by molar-refractivity contribution is 9.10. The summed E-state index contributed by atoms with van der Waals surface area (Å²) in [5, 5.41) is 22.1. The highest BCUT2D eigenvalue weighted by Crippen LogP contribution is 2.56. The molecule has 0 saturated carbocycles. The molecule has 1 amide bonds. The number of hydrogen-bond donors (Lipinski definition) is 3. The third kappa shape index (κ3) is 3.58. The minimum atomic E-state index is -1.15. The zero-order valence-corrected chi connectivity index (χ0v) is 17.4. The number of benzene rings is 2. The van der Waals surface area contributed by atoms with Gasteiger partial charge in [0, 0.05) is 28.6 Å². The van der Waals surface area contributed by atoms with Gasteiger partial charge in [-0.1, -0.05) is 48.9 Å². The summed E-state index contributed by atoms with van der Waals surface area (Å²) in [6.07, 6.45) is -1.35. The van der Waals surface area contributed by atoms with E-state index in [4.69, 9.17) is 21.4 Å². The first kappa shape index (κ1) is 20.9. The lowest BCUT2D eigenvalue weighted by Crippen LogP contribution is -2.46. The van der Waals surface area contributed by atoms with Gasteiger partial charge in [-0.15, -0.1) is 0 Å². The second-order valence-corrected chi connectivity index (χ2v) is 7.94. The molecule has 2 aromatic carbocycles. The Kier molecular flexibility index (Phi) is 6.17. The Morgan fingerprint density at radius 2 is 2.11 bits per heavy atom. The Labute approximate surface area is 175 Å². The van der Waals surface area contributed by atoms with Gasteiger partial charge in [0.2, 0.25) is 0 Å². The summed E-state index contributed by atoms with van der Waals surface area (Å²) in [6, 6.07) is 10.5. The van der Waals surface area contributed by atoms with Crippen LogP contribution in [-0.2, 0) is 5.60 Å². The average molecular weight is 473 g/mol. The summed E-state index contributed by atoms with van der Waals surface area (Å²) in [7, 11) is 0. The number of carbonyl (C=O) groups is 1. The quantitative estimate of drug-likeness (QED) is 0.406. The SMILES string of the molecule is C[C@H]1c2c(cc(F)c(Cl)c2Br)O[C@@]1(c1ccccc1)C(O)CCCNC(=O)O. The fourth-order valence-electron chi connectivity index (χ4n) is 3.82. The van der Waals surface area contributed by atoms with E-state index in [2.05, 4.69) is 21.2 Å². The Bertz CT molecular complexity index is 882. The van der Waals surface area contributed by atoms with Crippen LogP contribution in [0.5, 0.6) is 5.75 Å². The molecule has 0 saturated heterocycles. The number of rotatable bonds is 6. The molecule has 2 aromatic rings. The third-order valence-corrected chi connectivity index (χ3v) is 6.59. The number of halogens is 3. The Morgan fingerprint density at radius 3 is 2.75 bits per heavy atom. The number of hydrogen-bond acceptors (Lipinski definition) is 3. The maximum Gasteiger partial charge on any atom is 0.404 e. The normalized spacial score (nSPS) is 21.7. The number of carboxylic acid groups (broad SMARTS) is 1. The van der Waals surface area contributed by atoms with Crippen LogP contribution >= 0.6 is 27.5 Å². The van der Waals surface area contributed by atoms with Crippen molar-refractivity contribution >= 4 is 33.6 Å². The third-order valence-electron chi connectivity index (χ3n) is 5.17. The van der Waals surface area contributed by atoms with Crippen LogP contribution in [0.15, 0.2) is 40.9 Å². The van der Waals surface area contributed by atoms with Crippen molar-refractivity contribution < 1.29 is 24.1 Å². The van der Waals surface area contributed by atoms with Gasteiger partial charge in [-0.05, 0) is 34.3 Å². The number of amides is 1. The van der Waals surface area contributed by atoms with E-state index in [1.54, 1.807) is 0 Å². The van der Waals surface area contributed by atoms with Crippen molar-refractivity contribution in [3.8, 4) is 5.75 Å². The summed E-state index contributed by atoms with van der Waals surface area (Å²) in [6.45, 7) is 2.11. The van der Waals surface area contributed by atoms with Crippen molar-refractivity contribution in [3.63, 3.8) is 0 Å². The van der Waals surface area contributed by atoms with Crippen LogP contribution in [0.2, 0.25) is 5.02 Å². The van der Waals surface area contributed by atoms with E-state index in [1.807, 2.05) is 37.3 Å². The molecule has 150 valence electrons. The maximum atomic E-state index is 14.2. The Hall–Kier alpha value is -1.83. The average Bonchev–Trinajstić information content (AvgIpc) is 2.97. The van der Waals surface area contributed by atoms with Gasteiger partial charge in [0.1, 0.15) is 11.6 Å². The van der Waals surface area contributed by atoms with Gasteiger partial charge >= 0.3 is 6.09 Å². The van der Waals surface area contributed by atoms with E-state index in [0.717, 1.165) is 5.56 Å². The van der Waals surface area contributed by atoms with E-state index in [0.29, 0.717) is 28.6 Å². The lowest BCUT2D eigenvalue weighted by atomic mass is 9.75. The molecule has 1 heterocycles. The summed E-state index contributed by atoms with van der Waals surface area (Å²) < 4.78 is 20.8. The molecule has 0 bridgehead atoms. The van der Waals surface area contributed by atoms with Crippen LogP contribution in [0, 0.1) is 5.82 Å². The lowest BCUT2D eigenvalue weighted by molar-refractivity contribution is -0.0633. The molecule has 1 aliphatic rings. The molecular formula is C20H20BrClFNO4. The van der Waals surface area contributed by atoms with Gasteiger partial charge in [0.25, 0.3) is 0 Å². The zero-order valence-electron chi connectivity index (χ0n) is 15.1. The van der Waals surface area contributed by atoms with Crippen LogP contribution in [0.3, 0.4) is 0 Å². The molecule has 3 atom stereocenters. The minimum absolute atomic E-state index is 0.0294. The van der Waals surface area contributed by atoms with E-state index in [9.17, 15) is 14.3 Å². The number of ether oxygens (including phenoxy) is 1. The summed E-state index contributed by atoms with van der Waals surface area (Å²) in [4.78, 5) is 10.6. The van der Waals surface area contributed by atoms with Crippen molar-refractivity contribution in [3.05, 3.63) is 62.8 Å². The van der Waals surface area contributed by atoms with Crippen LogP contribution in [-0.4, -0.2) is 29.0 Å². The Morgan fingerprint density at radius 1 is 1.43 bits per heavy atom. The first-order chi connectivity index (χ1) is 13.3. The second-order valence-electron chi connectivity index (χ2n) is 6.77. The largest absolute Gasteiger partial charge is 0.479 e. The molecule has 0 aromatic heterocycles. The van der Waals surface area contributed by atoms with Crippen LogP contribution in [0.1, 0.15) is 36.8 Å². The zero-order chi connectivity index (χ0) is 20.5. The predicted molar refractivity (Wildman–Crippen MR) is 108 cm³/mol. The van der Waals surface area contributed by atoms with Gasteiger partial charge in [-0.2, -0.15) is 0 Å². The predicted octanol–water partition coefficient (Wildman–Crippen LogP) is 5.04. The molecule has 0 fully saturated rings. The number of aliphatic hydroxyl groups is 1. The van der Waals surface area contributed by atoms with Gasteiger partial charge in [0.15, 0.2) is 5.60 Å². The highest BCUT2D eigenvalue weighted by Gasteiger charge is 2.53. The summed E-state index contributed by atoms with van der Waals surface area (Å²) in [5.41, 5.74) is 0.297. The fraction of sp³-hybridized carbons (Fsp3) is 0.350. The van der Waals surface area contributed by atoms with E-state index in [1.165, 1.54) is 6.07 Å². The summed E-state index contributed by atoms with van der Waals surface area (Å²) in [5.74, 6) is -0.615. The van der Waals surface area contributed by atoms with E-state index < -0.39 is 23.6 Å². The molecule has 3 rings (SSSR count). The monoisotopic (exact) mass is 471 g/mol. The molecule has 3 N–H and O–H groups in total. The van der Waals surface area contributed by atoms with Crippen molar-refractivity contribution in [2.75, 3.05) is 6.54 Å². The summed E-state index contributed by atoms with van der Waals surface area (Å²) >= 11 is 9.44. The van der Waals surface area contributed by atoms with Crippen LogP contribution < -0.4 is 10.1 Å². The first-order valence-corrected chi connectivity index (χ1v) is 10.0. The van der Waals surface area contributed by atoms with Gasteiger partial charge in [-0.25, -0.2) is 9.18 Å². The molecule has 28 heavy (non-hydrogen) atoms. The van der Waals surface area contributed by atoms with Crippen molar-refractivity contribution in [1.29, 1.82) is 0 Å². The highest BCUT2D eigenvalue weighted by atomic mass is 79.9. The molecule has 1 aliphatic heterocycles. The molecule has 0 aliphatic carbocycles. The van der Waals surface area contributed by atoms with Gasteiger partial charge in [-0.3, -0.25) is 0 Å². The number of fused-ring (bicyclic) bond motifs is 1. The van der Waals surface area contributed by atoms with E-state index in [-0.39, 0.29) is 17.5 Å². The Balaban J connectivity index is 2.00. The van der Waals surface area contributed by atoms with Crippen LogP contribution in [0.4, 0.5) is 9.18 Å². The topological polar surface area (TPSA) is 78.8 Å². The first-order valence-electron chi connectivity index (χ1n) is 8.85.